The number of aryl methyl sites for hydroxylation is 2. The summed E-state index contributed by atoms with van der Waals surface area (Å²) in [4.78, 5) is 30.5. The van der Waals surface area contributed by atoms with Crippen molar-refractivity contribution in [3.8, 4) is 11.5 Å². The predicted octanol–water partition coefficient (Wildman–Crippen LogP) is 4.01. The number of hydrazone groups is 1. The highest BCUT2D eigenvalue weighted by Crippen LogP contribution is 2.30. The topological polar surface area (TPSA) is 89.9 Å². The van der Waals surface area contributed by atoms with Gasteiger partial charge in [-0.2, -0.15) is 5.10 Å². The zero-order valence-corrected chi connectivity index (χ0v) is 17.8. The third-order valence-corrected chi connectivity index (χ3v) is 6.12. The first-order valence-electron chi connectivity index (χ1n) is 9.89. The number of ether oxygens (including phenoxy) is 2. The Morgan fingerprint density at radius 3 is 2.81 bits per heavy atom. The number of hydrogen-bond acceptors (Lipinski definition) is 7. The number of carbonyl (C=O) groups is 2. The zero-order chi connectivity index (χ0) is 21.6. The molecule has 2 heterocycles. The highest BCUT2D eigenvalue weighted by molar-refractivity contribution is 7.14. The molecule has 0 atom stereocenters. The molecular weight excluding hydrogens is 414 g/mol. The number of aromatic nitrogens is 1. The van der Waals surface area contributed by atoms with Crippen molar-refractivity contribution < 1.29 is 19.1 Å². The van der Waals surface area contributed by atoms with E-state index in [1.165, 1.54) is 42.8 Å². The van der Waals surface area contributed by atoms with E-state index in [0.29, 0.717) is 21.8 Å². The molecule has 1 N–H and O–H groups in total. The number of fused-ring (bicyclic) bond motifs is 1. The van der Waals surface area contributed by atoms with Gasteiger partial charge in [0.15, 0.2) is 11.5 Å². The molecule has 4 rings (SSSR count). The number of thiophene rings is 1. The third kappa shape index (κ3) is 4.97. The molecule has 158 valence electrons. The monoisotopic (exact) mass is 435 g/mol. The SMILES string of the molecule is COc1cc(/C=N/NC(=O)c2cc3c(s2)CCCC3)ccc1OC(=O)c1cccnc1. The van der Waals surface area contributed by atoms with Gasteiger partial charge in [-0.25, -0.2) is 10.2 Å². The Bertz CT molecular complexity index is 1100. The number of nitrogens with one attached hydrogen (secondary N) is 1. The van der Waals surface area contributed by atoms with Gasteiger partial charge in [-0.15, -0.1) is 11.3 Å². The summed E-state index contributed by atoms with van der Waals surface area (Å²) in [7, 11) is 1.48. The van der Waals surface area contributed by atoms with Crippen LogP contribution in [0.15, 0.2) is 53.9 Å². The first kappa shape index (κ1) is 20.7. The maximum atomic E-state index is 12.4. The number of rotatable bonds is 6. The number of pyridine rings is 1. The maximum Gasteiger partial charge on any atom is 0.345 e. The fraction of sp³-hybridized carbons (Fsp3) is 0.217. The van der Waals surface area contributed by atoms with Crippen LogP contribution in [0.2, 0.25) is 0 Å². The number of hydrogen-bond donors (Lipinski definition) is 1. The first-order valence-corrected chi connectivity index (χ1v) is 10.7. The molecule has 2 aromatic heterocycles. The minimum atomic E-state index is -0.529. The van der Waals surface area contributed by atoms with Crippen LogP contribution in [0.1, 0.15) is 48.9 Å². The van der Waals surface area contributed by atoms with Crippen LogP contribution in [-0.4, -0.2) is 30.2 Å². The summed E-state index contributed by atoms with van der Waals surface area (Å²) in [6.07, 6.45) is 8.98. The van der Waals surface area contributed by atoms with Crippen molar-refractivity contribution in [3.05, 3.63) is 75.2 Å². The van der Waals surface area contributed by atoms with E-state index >= 15 is 0 Å². The molecule has 0 spiro atoms. The van der Waals surface area contributed by atoms with E-state index in [-0.39, 0.29) is 11.7 Å². The van der Waals surface area contributed by atoms with Crippen LogP contribution >= 0.6 is 11.3 Å². The van der Waals surface area contributed by atoms with Crippen molar-refractivity contribution in [2.45, 2.75) is 25.7 Å². The fourth-order valence-electron chi connectivity index (χ4n) is 3.31. The van der Waals surface area contributed by atoms with Crippen LogP contribution in [0.25, 0.3) is 0 Å². The molecule has 0 saturated carbocycles. The van der Waals surface area contributed by atoms with Gasteiger partial charge in [-0.1, -0.05) is 0 Å². The lowest BCUT2D eigenvalue weighted by molar-refractivity contribution is 0.0729. The molecule has 0 aliphatic heterocycles. The lowest BCUT2D eigenvalue weighted by atomic mass is 9.99. The summed E-state index contributed by atoms with van der Waals surface area (Å²) < 4.78 is 10.7. The molecule has 8 heteroatoms. The molecule has 0 saturated heterocycles. The number of amides is 1. The van der Waals surface area contributed by atoms with Gasteiger partial charge in [0.1, 0.15) is 0 Å². The highest BCUT2D eigenvalue weighted by atomic mass is 32.1. The zero-order valence-electron chi connectivity index (χ0n) is 17.0. The van der Waals surface area contributed by atoms with Crippen molar-refractivity contribution >= 4 is 29.4 Å². The summed E-state index contributed by atoms with van der Waals surface area (Å²) in [6.45, 7) is 0. The second-order valence-electron chi connectivity index (χ2n) is 7.01. The molecular formula is C23H21N3O4S. The number of carbonyl (C=O) groups excluding carboxylic acids is 2. The predicted molar refractivity (Wildman–Crippen MR) is 118 cm³/mol. The van der Waals surface area contributed by atoms with Crippen molar-refractivity contribution in [2.75, 3.05) is 7.11 Å². The summed E-state index contributed by atoms with van der Waals surface area (Å²) in [5.41, 5.74) is 4.88. The average molecular weight is 436 g/mol. The quantitative estimate of drug-likeness (QED) is 0.273. The maximum absolute atomic E-state index is 12.4. The number of methoxy groups -OCH3 is 1. The van der Waals surface area contributed by atoms with Gasteiger partial charge < -0.3 is 9.47 Å². The van der Waals surface area contributed by atoms with E-state index in [4.69, 9.17) is 9.47 Å². The molecule has 31 heavy (non-hydrogen) atoms. The van der Waals surface area contributed by atoms with Crippen LogP contribution in [0.5, 0.6) is 11.5 Å². The lowest BCUT2D eigenvalue weighted by Crippen LogP contribution is -2.16. The van der Waals surface area contributed by atoms with Gasteiger partial charge in [0.25, 0.3) is 5.91 Å². The van der Waals surface area contributed by atoms with Crippen LogP contribution in [0.3, 0.4) is 0 Å². The Labute approximate surface area is 183 Å². The summed E-state index contributed by atoms with van der Waals surface area (Å²) in [5, 5.41) is 4.05. The minimum Gasteiger partial charge on any atom is -0.493 e. The van der Waals surface area contributed by atoms with Crippen molar-refractivity contribution in [3.63, 3.8) is 0 Å². The first-order chi connectivity index (χ1) is 15.1. The molecule has 1 aliphatic carbocycles. The summed E-state index contributed by atoms with van der Waals surface area (Å²) in [6, 6.07) is 10.3. The minimum absolute atomic E-state index is 0.218. The normalized spacial score (nSPS) is 12.9. The van der Waals surface area contributed by atoms with Gasteiger partial charge in [0.2, 0.25) is 0 Å². The Morgan fingerprint density at radius 2 is 2.03 bits per heavy atom. The van der Waals surface area contributed by atoms with Crippen molar-refractivity contribution in [2.24, 2.45) is 5.10 Å². The van der Waals surface area contributed by atoms with E-state index in [0.717, 1.165) is 12.8 Å². The van der Waals surface area contributed by atoms with E-state index in [1.807, 2.05) is 6.07 Å². The smallest absolute Gasteiger partial charge is 0.345 e. The van der Waals surface area contributed by atoms with E-state index in [2.05, 4.69) is 15.5 Å². The second-order valence-corrected chi connectivity index (χ2v) is 8.14. The third-order valence-electron chi connectivity index (χ3n) is 4.89. The largest absolute Gasteiger partial charge is 0.493 e. The highest BCUT2D eigenvalue weighted by Gasteiger charge is 2.17. The molecule has 0 bridgehead atoms. The number of esters is 1. The Balaban J connectivity index is 1.40. The molecule has 0 unspecified atom stereocenters. The Morgan fingerprint density at radius 1 is 1.16 bits per heavy atom. The van der Waals surface area contributed by atoms with E-state index in [1.54, 1.807) is 47.9 Å². The summed E-state index contributed by atoms with van der Waals surface area (Å²) in [5.74, 6) is -0.0940. The van der Waals surface area contributed by atoms with Crippen LogP contribution < -0.4 is 14.9 Å². The van der Waals surface area contributed by atoms with Crippen LogP contribution in [0.4, 0.5) is 0 Å². The lowest BCUT2D eigenvalue weighted by Gasteiger charge is -2.09. The van der Waals surface area contributed by atoms with Gasteiger partial charge >= 0.3 is 5.97 Å². The number of nitrogens with zero attached hydrogens (tertiary/aromatic N) is 2. The van der Waals surface area contributed by atoms with Gasteiger partial charge in [0, 0.05) is 17.3 Å². The molecule has 0 radical (unpaired) electrons. The number of benzene rings is 1. The van der Waals surface area contributed by atoms with Crippen molar-refractivity contribution in [1.82, 2.24) is 10.4 Å². The summed E-state index contributed by atoms with van der Waals surface area (Å²) >= 11 is 1.54. The molecule has 1 aliphatic rings. The molecule has 1 amide bonds. The Hall–Kier alpha value is -3.52. The molecule has 7 nitrogen and oxygen atoms in total. The Kier molecular flexibility index (Phi) is 6.37. The standard InChI is InChI=1S/C23H21N3O4S/c1-29-19-11-15(8-9-18(19)30-23(28)17-6-4-10-24-14-17)13-25-26-22(27)21-12-16-5-2-3-7-20(16)31-21/h4,6,8-14H,2-3,5,7H2,1H3,(H,26,27)/b25-13+. The van der Waals surface area contributed by atoms with E-state index < -0.39 is 5.97 Å². The second kappa shape index (κ2) is 9.53. The van der Waals surface area contributed by atoms with Crippen molar-refractivity contribution in [1.29, 1.82) is 0 Å². The van der Waals surface area contributed by atoms with Gasteiger partial charge in [-0.05, 0) is 73.2 Å². The van der Waals surface area contributed by atoms with Gasteiger partial charge in [0.05, 0.1) is 23.8 Å². The fourth-order valence-corrected chi connectivity index (χ4v) is 4.46. The molecule has 0 fully saturated rings. The van der Waals surface area contributed by atoms with Gasteiger partial charge in [-0.3, -0.25) is 9.78 Å². The molecule has 3 aromatic rings. The average Bonchev–Trinajstić information content (AvgIpc) is 3.25. The van der Waals surface area contributed by atoms with Crippen LogP contribution in [-0.2, 0) is 12.8 Å². The van der Waals surface area contributed by atoms with E-state index in [9.17, 15) is 9.59 Å². The molecule has 1 aromatic carbocycles. The van der Waals surface area contributed by atoms with Crippen LogP contribution in [0, 0.1) is 0 Å².